The molecule has 2 aromatic carbocycles. The molecule has 1 unspecified atom stereocenters. The molecule has 8 heteroatoms. The maximum Gasteiger partial charge on any atom is 0.320 e. The van der Waals surface area contributed by atoms with Crippen LogP contribution in [0, 0.1) is 5.41 Å². The highest BCUT2D eigenvalue weighted by Crippen LogP contribution is 2.53. The lowest BCUT2D eigenvalue weighted by atomic mass is 9.94. The van der Waals surface area contributed by atoms with Crippen LogP contribution in [0.2, 0.25) is 0 Å². The number of benzene rings is 2. The zero-order valence-corrected chi connectivity index (χ0v) is 21.2. The van der Waals surface area contributed by atoms with Gasteiger partial charge >= 0.3 is 6.03 Å². The molecule has 1 aliphatic heterocycles. The van der Waals surface area contributed by atoms with E-state index in [1.165, 1.54) is 12.8 Å². The van der Waals surface area contributed by atoms with Crippen LogP contribution >= 0.6 is 0 Å². The number of amides is 2. The fourth-order valence-electron chi connectivity index (χ4n) is 5.36. The third-order valence-corrected chi connectivity index (χ3v) is 7.73. The third-order valence-electron chi connectivity index (χ3n) is 7.73. The first kappa shape index (κ1) is 25.1. The van der Waals surface area contributed by atoms with Crippen LogP contribution in [0.25, 0.3) is 0 Å². The summed E-state index contributed by atoms with van der Waals surface area (Å²) in [5.74, 6) is 0.844. The smallest absolute Gasteiger partial charge is 0.320 e. The van der Waals surface area contributed by atoms with Crippen molar-refractivity contribution in [2.75, 3.05) is 13.1 Å². The van der Waals surface area contributed by atoms with Crippen molar-refractivity contribution in [1.29, 1.82) is 0 Å². The number of aromatic amines is 1. The molecule has 3 aromatic rings. The Morgan fingerprint density at radius 2 is 1.78 bits per heavy atom. The average Bonchev–Trinajstić information content (AvgIpc) is 3.36. The van der Waals surface area contributed by atoms with E-state index in [1.807, 2.05) is 70.5 Å². The first-order valence-electron chi connectivity index (χ1n) is 13.3. The first-order chi connectivity index (χ1) is 18.1. The number of aliphatic hydroxyl groups is 1. The van der Waals surface area contributed by atoms with E-state index in [2.05, 4.69) is 32.8 Å². The minimum Gasteiger partial charge on any atom is -0.389 e. The van der Waals surface area contributed by atoms with Gasteiger partial charge in [0.1, 0.15) is 5.82 Å². The van der Waals surface area contributed by atoms with Gasteiger partial charge in [0.25, 0.3) is 0 Å². The van der Waals surface area contributed by atoms with Crippen molar-refractivity contribution in [3.8, 4) is 0 Å². The Balaban J connectivity index is 1.20. The van der Waals surface area contributed by atoms with Crippen LogP contribution in [0.15, 0.2) is 72.8 Å². The highest BCUT2D eigenvalue weighted by Gasteiger charge is 2.42. The van der Waals surface area contributed by atoms with Gasteiger partial charge in [0.2, 0.25) is 0 Å². The van der Waals surface area contributed by atoms with Crippen molar-refractivity contribution in [1.82, 2.24) is 30.4 Å². The highest BCUT2D eigenvalue weighted by molar-refractivity contribution is 5.77. The standard InChI is InChI=1S/C29H36N6O2/c36-26(20-23-8-3-1-4-9-23)13-12-25-22-34(21-24-10-5-2-6-11-24)28(37)35(25)19-7-15-29(17-18-29)16-14-27-30-32-33-31-27/h1-6,8-13,25-26,36H,7,14-22H2,(H,30,31,32,33)/b13-12+/t25-,26?/m0/s1. The van der Waals surface area contributed by atoms with Crippen LogP contribution in [0.3, 0.4) is 0 Å². The van der Waals surface area contributed by atoms with Gasteiger partial charge in [-0.25, -0.2) is 9.89 Å². The number of aromatic nitrogens is 4. The number of aryl methyl sites for hydroxylation is 1. The van der Waals surface area contributed by atoms with E-state index in [-0.39, 0.29) is 12.1 Å². The molecule has 0 bridgehead atoms. The lowest BCUT2D eigenvalue weighted by Gasteiger charge is -2.23. The van der Waals surface area contributed by atoms with Crippen molar-refractivity contribution in [3.05, 3.63) is 89.8 Å². The number of aliphatic hydroxyl groups excluding tert-OH is 1. The van der Waals surface area contributed by atoms with Crippen LogP contribution in [-0.2, 0) is 19.4 Å². The Morgan fingerprint density at radius 3 is 2.46 bits per heavy atom. The molecule has 2 N–H and O–H groups in total. The third kappa shape index (κ3) is 6.83. The average molecular weight is 501 g/mol. The Kier molecular flexibility index (Phi) is 7.94. The normalized spacial score (nSPS) is 19.6. The number of carbonyl (C=O) groups excluding carboxylic acids is 1. The van der Waals surface area contributed by atoms with Crippen LogP contribution in [0.4, 0.5) is 4.79 Å². The zero-order chi connectivity index (χ0) is 25.5. The number of nitrogens with zero attached hydrogens (tertiary/aromatic N) is 5. The molecule has 2 amide bonds. The summed E-state index contributed by atoms with van der Waals surface area (Å²) in [5.41, 5.74) is 2.58. The molecular weight excluding hydrogens is 464 g/mol. The van der Waals surface area contributed by atoms with Crippen LogP contribution in [0.1, 0.15) is 49.1 Å². The quantitative estimate of drug-likeness (QED) is 0.344. The summed E-state index contributed by atoms with van der Waals surface area (Å²) in [6, 6.07) is 20.2. The summed E-state index contributed by atoms with van der Waals surface area (Å²) in [6.45, 7) is 1.95. The van der Waals surface area contributed by atoms with E-state index in [9.17, 15) is 9.90 Å². The van der Waals surface area contributed by atoms with Gasteiger partial charge in [0, 0.05) is 32.5 Å². The molecule has 2 fully saturated rings. The summed E-state index contributed by atoms with van der Waals surface area (Å²) in [6.07, 6.45) is 10.4. The maximum atomic E-state index is 13.4. The summed E-state index contributed by atoms with van der Waals surface area (Å²) in [7, 11) is 0. The predicted molar refractivity (Wildman–Crippen MR) is 141 cm³/mol. The van der Waals surface area contributed by atoms with E-state index in [4.69, 9.17) is 0 Å². The van der Waals surface area contributed by atoms with Gasteiger partial charge in [-0.15, -0.1) is 5.10 Å². The second-order valence-electron chi connectivity index (χ2n) is 10.5. The molecule has 0 radical (unpaired) electrons. The Bertz CT molecular complexity index is 1150. The topological polar surface area (TPSA) is 98.2 Å². The second kappa shape index (κ2) is 11.7. The molecule has 1 aromatic heterocycles. The van der Waals surface area contributed by atoms with Crippen LogP contribution < -0.4 is 0 Å². The van der Waals surface area contributed by atoms with E-state index in [1.54, 1.807) is 0 Å². The number of rotatable bonds is 13. The van der Waals surface area contributed by atoms with Gasteiger partial charge in [0.05, 0.1) is 12.1 Å². The van der Waals surface area contributed by atoms with Crippen molar-refractivity contribution >= 4 is 6.03 Å². The van der Waals surface area contributed by atoms with Crippen molar-refractivity contribution < 1.29 is 9.90 Å². The van der Waals surface area contributed by atoms with Gasteiger partial charge in [-0.2, -0.15) is 0 Å². The Morgan fingerprint density at radius 1 is 1.05 bits per heavy atom. The fourth-order valence-corrected chi connectivity index (χ4v) is 5.36. The minimum absolute atomic E-state index is 0.0444. The lowest BCUT2D eigenvalue weighted by molar-refractivity contribution is 0.185. The summed E-state index contributed by atoms with van der Waals surface area (Å²) in [5, 5.41) is 24.8. The first-order valence-corrected chi connectivity index (χ1v) is 13.3. The minimum atomic E-state index is -0.581. The SMILES string of the molecule is O=C1N(Cc2ccccc2)C[C@H](/C=C/C(O)Cc2ccccc2)N1CCCC1(CCc2nnn[nH]2)CC1. The second-order valence-corrected chi connectivity index (χ2v) is 10.5. The molecule has 1 saturated carbocycles. The lowest BCUT2D eigenvalue weighted by Crippen LogP contribution is -2.35. The summed E-state index contributed by atoms with van der Waals surface area (Å²) in [4.78, 5) is 17.4. The monoisotopic (exact) mass is 500 g/mol. The van der Waals surface area contributed by atoms with Crippen LogP contribution in [-0.4, -0.2) is 66.8 Å². The molecule has 2 heterocycles. The Labute approximate surface area is 218 Å². The zero-order valence-electron chi connectivity index (χ0n) is 21.2. The number of tetrazole rings is 1. The van der Waals surface area contributed by atoms with Gasteiger partial charge in [-0.05, 0) is 59.1 Å². The number of hydrogen-bond acceptors (Lipinski definition) is 5. The molecule has 37 heavy (non-hydrogen) atoms. The molecular formula is C29H36N6O2. The van der Waals surface area contributed by atoms with Crippen molar-refractivity contribution in [2.45, 2.75) is 63.6 Å². The molecule has 1 saturated heterocycles. The van der Waals surface area contributed by atoms with Gasteiger partial charge in [-0.1, -0.05) is 72.8 Å². The van der Waals surface area contributed by atoms with E-state index >= 15 is 0 Å². The Hall–Kier alpha value is -3.52. The predicted octanol–water partition coefficient (Wildman–Crippen LogP) is 4.16. The van der Waals surface area contributed by atoms with Crippen molar-refractivity contribution in [2.24, 2.45) is 5.41 Å². The van der Waals surface area contributed by atoms with Gasteiger partial charge < -0.3 is 14.9 Å². The van der Waals surface area contributed by atoms with Gasteiger partial charge in [-0.3, -0.25) is 0 Å². The van der Waals surface area contributed by atoms with E-state index < -0.39 is 6.10 Å². The maximum absolute atomic E-state index is 13.4. The number of hydrogen-bond donors (Lipinski definition) is 2. The number of nitrogens with one attached hydrogen (secondary N) is 1. The largest absolute Gasteiger partial charge is 0.389 e. The van der Waals surface area contributed by atoms with Gasteiger partial charge in [0.15, 0.2) is 0 Å². The number of H-pyrrole nitrogens is 1. The molecule has 0 spiro atoms. The molecule has 8 nitrogen and oxygen atoms in total. The van der Waals surface area contributed by atoms with Crippen molar-refractivity contribution in [3.63, 3.8) is 0 Å². The van der Waals surface area contributed by atoms with E-state index in [0.717, 1.165) is 49.2 Å². The molecule has 2 aliphatic rings. The molecule has 2 atom stereocenters. The van der Waals surface area contributed by atoms with E-state index in [0.29, 0.717) is 24.9 Å². The van der Waals surface area contributed by atoms with Crippen LogP contribution in [0.5, 0.6) is 0 Å². The summed E-state index contributed by atoms with van der Waals surface area (Å²) < 4.78 is 0. The fraction of sp³-hybridized carbons (Fsp3) is 0.448. The molecule has 5 rings (SSSR count). The number of urea groups is 1. The molecule has 194 valence electrons. The molecule has 1 aliphatic carbocycles. The number of carbonyl (C=O) groups is 1. The summed E-state index contributed by atoms with van der Waals surface area (Å²) >= 11 is 0. The highest BCUT2D eigenvalue weighted by atomic mass is 16.3.